The maximum atomic E-state index is 5.94. The molecule has 1 rings (SSSR count). The van der Waals surface area contributed by atoms with Crippen LogP contribution in [0, 0.1) is 0 Å². The fraction of sp³-hybridized carbons (Fsp3) is 0.625. The van der Waals surface area contributed by atoms with Crippen molar-refractivity contribution >= 4 is 15.9 Å². The zero-order valence-electron chi connectivity index (χ0n) is 12.6. The van der Waals surface area contributed by atoms with E-state index in [0.717, 1.165) is 24.0 Å². The van der Waals surface area contributed by atoms with E-state index in [1.807, 2.05) is 0 Å². The first-order valence-electron chi connectivity index (χ1n) is 7.10. The minimum absolute atomic E-state index is 0.0548. The molecule has 0 fully saturated rings. The molecular weight excluding hydrogens is 302 g/mol. The van der Waals surface area contributed by atoms with E-state index in [0.29, 0.717) is 6.61 Å². The molecule has 0 saturated carbocycles. The zero-order valence-corrected chi connectivity index (χ0v) is 14.1. The Bertz CT molecular complexity index is 390. The molecule has 0 aliphatic rings. The maximum absolute atomic E-state index is 5.94. The van der Waals surface area contributed by atoms with Gasteiger partial charge in [-0.25, -0.2) is 0 Å². The molecule has 0 amide bonds. The molecular formula is C16H26BrNO. The summed E-state index contributed by atoms with van der Waals surface area (Å²) in [5.74, 6) is 0. The first kappa shape index (κ1) is 16.7. The van der Waals surface area contributed by atoms with E-state index in [-0.39, 0.29) is 5.60 Å². The molecule has 0 saturated heterocycles. The van der Waals surface area contributed by atoms with Crippen LogP contribution in [0.3, 0.4) is 0 Å². The summed E-state index contributed by atoms with van der Waals surface area (Å²) in [6.07, 6.45) is 2.18. The van der Waals surface area contributed by atoms with Gasteiger partial charge in [0.2, 0.25) is 0 Å². The Labute approximate surface area is 126 Å². The summed E-state index contributed by atoms with van der Waals surface area (Å²) in [7, 11) is 0. The second-order valence-corrected chi connectivity index (χ2v) is 6.36. The third-order valence-corrected chi connectivity index (χ3v) is 4.08. The van der Waals surface area contributed by atoms with Crippen LogP contribution in [0.15, 0.2) is 22.7 Å². The van der Waals surface area contributed by atoms with Gasteiger partial charge in [0.1, 0.15) is 0 Å². The van der Waals surface area contributed by atoms with E-state index in [9.17, 15) is 0 Å². The highest BCUT2D eigenvalue weighted by Crippen LogP contribution is 2.23. The Morgan fingerprint density at radius 3 is 2.58 bits per heavy atom. The van der Waals surface area contributed by atoms with Crippen molar-refractivity contribution in [1.82, 2.24) is 5.32 Å². The van der Waals surface area contributed by atoms with Gasteiger partial charge in [0.05, 0.1) is 12.2 Å². The van der Waals surface area contributed by atoms with Gasteiger partial charge in [0.25, 0.3) is 0 Å². The Balaban J connectivity index is 2.57. The minimum Gasteiger partial charge on any atom is -0.371 e. The molecule has 2 nitrogen and oxygen atoms in total. The smallest absolute Gasteiger partial charge is 0.0735 e. The molecule has 0 bridgehead atoms. The molecule has 1 aromatic carbocycles. The van der Waals surface area contributed by atoms with Crippen molar-refractivity contribution in [2.45, 2.75) is 59.3 Å². The van der Waals surface area contributed by atoms with Crippen LogP contribution < -0.4 is 5.32 Å². The fourth-order valence-electron chi connectivity index (χ4n) is 1.60. The van der Waals surface area contributed by atoms with Crippen molar-refractivity contribution in [3.8, 4) is 0 Å². The van der Waals surface area contributed by atoms with E-state index in [4.69, 9.17) is 4.74 Å². The Morgan fingerprint density at radius 2 is 2.00 bits per heavy atom. The van der Waals surface area contributed by atoms with Crippen LogP contribution in [-0.2, 0) is 17.9 Å². The van der Waals surface area contributed by atoms with Crippen molar-refractivity contribution < 1.29 is 4.74 Å². The number of hydrogen-bond donors (Lipinski definition) is 1. The monoisotopic (exact) mass is 327 g/mol. The zero-order chi connectivity index (χ0) is 14.3. The number of hydrogen-bond acceptors (Lipinski definition) is 2. The van der Waals surface area contributed by atoms with Crippen LogP contribution in [0.25, 0.3) is 0 Å². The normalized spacial score (nSPS) is 11.8. The van der Waals surface area contributed by atoms with Crippen LogP contribution in [0.2, 0.25) is 0 Å². The SMILES string of the molecule is CCCNCc1ccc(COC(C)(C)CC)c(Br)c1. The molecule has 0 atom stereocenters. The van der Waals surface area contributed by atoms with Crippen molar-refractivity contribution in [2.75, 3.05) is 6.54 Å². The van der Waals surface area contributed by atoms with Crippen molar-refractivity contribution in [3.63, 3.8) is 0 Å². The third-order valence-electron chi connectivity index (χ3n) is 3.34. The van der Waals surface area contributed by atoms with Gasteiger partial charge >= 0.3 is 0 Å². The van der Waals surface area contributed by atoms with Gasteiger partial charge in [-0.1, -0.05) is 41.9 Å². The summed E-state index contributed by atoms with van der Waals surface area (Å²) in [5.41, 5.74) is 2.46. The van der Waals surface area contributed by atoms with Crippen molar-refractivity contribution in [3.05, 3.63) is 33.8 Å². The summed E-state index contributed by atoms with van der Waals surface area (Å²) in [5, 5.41) is 3.41. The predicted molar refractivity (Wildman–Crippen MR) is 85.3 cm³/mol. The summed E-state index contributed by atoms with van der Waals surface area (Å²) in [6.45, 7) is 11.2. The highest BCUT2D eigenvalue weighted by Gasteiger charge is 2.15. The lowest BCUT2D eigenvalue weighted by molar-refractivity contribution is -0.0318. The summed E-state index contributed by atoms with van der Waals surface area (Å²) < 4.78 is 7.07. The molecule has 0 spiro atoms. The molecule has 0 aromatic heterocycles. The topological polar surface area (TPSA) is 21.3 Å². The van der Waals surface area contributed by atoms with Gasteiger partial charge in [-0.15, -0.1) is 0 Å². The van der Waals surface area contributed by atoms with Crippen molar-refractivity contribution in [2.24, 2.45) is 0 Å². The highest BCUT2D eigenvalue weighted by molar-refractivity contribution is 9.10. The standard InChI is InChI=1S/C16H26BrNO/c1-5-9-18-11-13-7-8-14(15(17)10-13)12-19-16(3,4)6-2/h7-8,10,18H,5-6,9,11-12H2,1-4H3. The largest absolute Gasteiger partial charge is 0.371 e. The van der Waals surface area contributed by atoms with Gasteiger partial charge in [-0.05, 0) is 50.4 Å². The van der Waals surface area contributed by atoms with E-state index in [2.05, 4.69) is 67.1 Å². The lowest BCUT2D eigenvalue weighted by Gasteiger charge is -2.24. The van der Waals surface area contributed by atoms with E-state index in [1.54, 1.807) is 0 Å². The van der Waals surface area contributed by atoms with E-state index >= 15 is 0 Å². The molecule has 19 heavy (non-hydrogen) atoms. The Morgan fingerprint density at radius 1 is 1.26 bits per heavy atom. The summed E-state index contributed by atoms with van der Waals surface area (Å²) in [6, 6.07) is 6.50. The average molecular weight is 328 g/mol. The molecule has 108 valence electrons. The van der Waals surface area contributed by atoms with E-state index < -0.39 is 0 Å². The maximum Gasteiger partial charge on any atom is 0.0735 e. The van der Waals surface area contributed by atoms with Gasteiger partial charge in [0, 0.05) is 11.0 Å². The number of ether oxygens (including phenoxy) is 1. The second-order valence-electron chi connectivity index (χ2n) is 5.50. The Hall–Kier alpha value is -0.380. The lowest BCUT2D eigenvalue weighted by atomic mass is 10.1. The van der Waals surface area contributed by atoms with Crippen LogP contribution in [-0.4, -0.2) is 12.1 Å². The van der Waals surface area contributed by atoms with Crippen LogP contribution in [0.4, 0.5) is 0 Å². The van der Waals surface area contributed by atoms with Gasteiger partial charge < -0.3 is 10.1 Å². The molecule has 0 aliphatic carbocycles. The minimum atomic E-state index is -0.0548. The molecule has 0 unspecified atom stereocenters. The summed E-state index contributed by atoms with van der Waals surface area (Å²) >= 11 is 3.64. The van der Waals surface area contributed by atoms with Crippen molar-refractivity contribution in [1.29, 1.82) is 0 Å². The quantitative estimate of drug-likeness (QED) is 0.701. The molecule has 1 N–H and O–H groups in total. The van der Waals surface area contributed by atoms with Crippen LogP contribution in [0.5, 0.6) is 0 Å². The molecule has 0 radical (unpaired) electrons. The second kappa shape index (κ2) is 8.03. The number of rotatable bonds is 8. The summed E-state index contributed by atoms with van der Waals surface area (Å²) in [4.78, 5) is 0. The third kappa shape index (κ3) is 6.07. The number of halogens is 1. The highest BCUT2D eigenvalue weighted by atomic mass is 79.9. The first-order chi connectivity index (χ1) is 8.98. The predicted octanol–water partition coefficient (Wildman–Crippen LogP) is 4.65. The molecule has 0 aliphatic heterocycles. The fourth-order valence-corrected chi connectivity index (χ4v) is 2.14. The molecule has 3 heteroatoms. The molecule has 1 aromatic rings. The first-order valence-corrected chi connectivity index (χ1v) is 7.89. The van der Waals surface area contributed by atoms with Gasteiger partial charge in [-0.3, -0.25) is 0 Å². The number of nitrogens with one attached hydrogen (secondary N) is 1. The van der Waals surface area contributed by atoms with E-state index in [1.165, 1.54) is 17.5 Å². The Kier molecular flexibility index (Phi) is 7.05. The van der Waals surface area contributed by atoms with Gasteiger partial charge in [-0.2, -0.15) is 0 Å². The lowest BCUT2D eigenvalue weighted by Crippen LogP contribution is -2.22. The van der Waals surface area contributed by atoms with Crippen LogP contribution >= 0.6 is 15.9 Å². The van der Waals surface area contributed by atoms with Crippen LogP contribution in [0.1, 0.15) is 51.7 Å². The number of benzene rings is 1. The molecule has 0 heterocycles. The van der Waals surface area contributed by atoms with Gasteiger partial charge in [0.15, 0.2) is 0 Å². The average Bonchev–Trinajstić information content (AvgIpc) is 2.38.